The van der Waals surface area contributed by atoms with E-state index in [0.29, 0.717) is 63.6 Å². The number of nitrogens with one attached hydrogen (secondary N) is 3. The van der Waals surface area contributed by atoms with E-state index in [-0.39, 0.29) is 29.7 Å². The Labute approximate surface area is 192 Å². The summed E-state index contributed by atoms with van der Waals surface area (Å²) in [4.78, 5) is 48.0. The maximum atomic E-state index is 13.3. The number of likely N-dealkylation sites (tertiary alicyclic amines) is 1. The maximum absolute atomic E-state index is 13.3. The lowest BCUT2D eigenvalue weighted by Gasteiger charge is -2.39. The van der Waals surface area contributed by atoms with E-state index in [1.807, 2.05) is 6.92 Å². The Morgan fingerprint density at radius 3 is 2.66 bits per heavy atom. The summed E-state index contributed by atoms with van der Waals surface area (Å²) in [5.74, 6) is -0.225. The van der Waals surface area contributed by atoms with Gasteiger partial charge in [0.15, 0.2) is 5.16 Å². The van der Waals surface area contributed by atoms with Crippen molar-refractivity contribution in [1.29, 1.82) is 0 Å². The van der Waals surface area contributed by atoms with Gasteiger partial charge in [-0.2, -0.15) is 0 Å². The highest BCUT2D eigenvalue weighted by Crippen LogP contribution is 2.22. The van der Waals surface area contributed by atoms with Crippen LogP contribution in [0.1, 0.15) is 38.3 Å². The largest absolute Gasteiger partial charge is 0.450 e. The minimum atomic E-state index is -0.936. The van der Waals surface area contributed by atoms with Gasteiger partial charge in [0.1, 0.15) is 5.54 Å². The van der Waals surface area contributed by atoms with Crippen molar-refractivity contribution in [2.24, 2.45) is 0 Å². The summed E-state index contributed by atoms with van der Waals surface area (Å²) < 4.78 is 5.05. The minimum Gasteiger partial charge on any atom is -0.450 e. The van der Waals surface area contributed by atoms with Gasteiger partial charge in [0, 0.05) is 31.0 Å². The molecular formula is C21H32N6O4S. The quantitative estimate of drug-likeness (QED) is 0.401. The first-order valence-electron chi connectivity index (χ1n) is 11.1. The van der Waals surface area contributed by atoms with Crippen molar-refractivity contribution in [2.45, 2.75) is 56.3 Å². The second-order valence-corrected chi connectivity index (χ2v) is 9.03. The molecule has 2 saturated heterocycles. The Morgan fingerprint density at radius 2 is 2.00 bits per heavy atom. The summed E-state index contributed by atoms with van der Waals surface area (Å²) in [6.45, 7) is 6.39. The third kappa shape index (κ3) is 6.55. The molecule has 0 aliphatic carbocycles. The van der Waals surface area contributed by atoms with E-state index in [1.165, 1.54) is 11.8 Å². The van der Waals surface area contributed by atoms with Crippen LogP contribution < -0.4 is 16.0 Å². The molecule has 0 unspecified atom stereocenters. The summed E-state index contributed by atoms with van der Waals surface area (Å²) in [5.41, 5.74) is -0.0969. The zero-order chi connectivity index (χ0) is 23.0. The lowest BCUT2D eigenvalue weighted by molar-refractivity contribution is -0.134. The summed E-state index contributed by atoms with van der Waals surface area (Å²) in [7, 11) is 0. The van der Waals surface area contributed by atoms with Crippen molar-refractivity contribution in [1.82, 2.24) is 30.8 Å². The fourth-order valence-corrected chi connectivity index (χ4v) is 4.61. The van der Waals surface area contributed by atoms with Crippen molar-refractivity contribution in [3.63, 3.8) is 0 Å². The Hall–Kier alpha value is -2.40. The van der Waals surface area contributed by atoms with Crippen molar-refractivity contribution in [2.75, 3.05) is 38.5 Å². The van der Waals surface area contributed by atoms with E-state index in [4.69, 9.17) is 4.74 Å². The molecule has 10 nitrogen and oxygen atoms in total. The van der Waals surface area contributed by atoms with Crippen LogP contribution in [0.3, 0.4) is 0 Å². The average Bonchev–Trinajstić information content (AvgIpc) is 2.79. The van der Waals surface area contributed by atoms with Gasteiger partial charge in [-0.15, -0.1) is 0 Å². The first-order valence-corrected chi connectivity index (χ1v) is 12.1. The van der Waals surface area contributed by atoms with Crippen molar-refractivity contribution in [3.05, 3.63) is 18.0 Å². The van der Waals surface area contributed by atoms with Gasteiger partial charge in [-0.05, 0) is 58.7 Å². The molecule has 1 aromatic heterocycles. The number of hydrogen-bond acceptors (Lipinski definition) is 8. The summed E-state index contributed by atoms with van der Waals surface area (Å²) in [6, 6.07) is 1.77. The van der Waals surface area contributed by atoms with Crippen LogP contribution in [0.2, 0.25) is 0 Å². The van der Waals surface area contributed by atoms with Crippen LogP contribution in [-0.4, -0.2) is 82.9 Å². The van der Waals surface area contributed by atoms with Crippen molar-refractivity contribution >= 4 is 29.7 Å². The molecule has 0 saturated carbocycles. The molecule has 176 valence electrons. The van der Waals surface area contributed by atoms with Gasteiger partial charge in [-0.1, -0.05) is 11.8 Å². The second kappa shape index (κ2) is 11.5. The summed E-state index contributed by atoms with van der Waals surface area (Å²) in [5, 5.41) is 9.90. The van der Waals surface area contributed by atoms with Crippen LogP contribution in [0.4, 0.5) is 4.79 Å². The van der Waals surface area contributed by atoms with E-state index in [1.54, 1.807) is 24.1 Å². The highest BCUT2D eigenvalue weighted by molar-refractivity contribution is 7.99. The monoisotopic (exact) mass is 464 g/mol. The van der Waals surface area contributed by atoms with Crippen molar-refractivity contribution < 1.29 is 19.1 Å². The number of amides is 3. The SMILES string of the molecule is CCOC(=O)N1CCC(NC(=O)C2(NC(=O)CSc3nccc(C)n3)CCNCC2)CC1. The summed E-state index contributed by atoms with van der Waals surface area (Å²) in [6.07, 6.45) is 3.73. The molecule has 0 bridgehead atoms. The molecule has 0 spiro atoms. The van der Waals surface area contributed by atoms with Gasteiger partial charge >= 0.3 is 6.09 Å². The topological polar surface area (TPSA) is 126 Å². The van der Waals surface area contributed by atoms with Gasteiger partial charge in [-0.3, -0.25) is 9.59 Å². The number of aryl methyl sites for hydroxylation is 1. The molecule has 2 aliphatic rings. The molecule has 2 aliphatic heterocycles. The molecular weight excluding hydrogens is 432 g/mol. The van der Waals surface area contributed by atoms with Gasteiger partial charge in [0.05, 0.1) is 12.4 Å². The minimum absolute atomic E-state index is 0.0353. The normalized spacial score (nSPS) is 18.6. The van der Waals surface area contributed by atoms with Gasteiger partial charge < -0.3 is 25.6 Å². The number of carbonyl (C=O) groups excluding carboxylic acids is 3. The number of aromatic nitrogens is 2. The molecule has 0 atom stereocenters. The predicted octanol–water partition coefficient (Wildman–Crippen LogP) is 0.853. The molecule has 3 N–H and O–H groups in total. The molecule has 3 rings (SSSR count). The van der Waals surface area contributed by atoms with Gasteiger partial charge in [-0.25, -0.2) is 14.8 Å². The van der Waals surface area contributed by atoms with Crippen LogP contribution >= 0.6 is 11.8 Å². The number of hydrogen-bond donors (Lipinski definition) is 3. The number of nitrogens with zero attached hydrogens (tertiary/aromatic N) is 3. The number of carbonyl (C=O) groups is 3. The van der Waals surface area contributed by atoms with Crippen LogP contribution in [0.5, 0.6) is 0 Å². The van der Waals surface area contributed by atoms with Crippen molar-refractivity contribution in [3.8, 4) is 0 Å². The van der Waals surface area contributed by atoms with E-state index in [9.17, 15) is 14.4 Å². The molecule has 3 heterocycles. The number of piperidine rings is 2. The lowest BCUT2D eigenvalue weighted by Crippen LogP contribution is -2.64. The first-order chi connectivity index (χ1) is 15.4. The Balaban J connectivity index is 1.54. The summed E-state index contributed by atoms with van der Waals surface area (Å²) >= 11 is 1.25. The predicted molar refractivity (Wildman–Crippen MR) is 120 cm³/mol. The molecule has 32 heavy (non-hydrogen) atoms. The van der Waals surface area contributed by atoms with Gasteiger partial charge in [0.25, 0.3) is 0 Å². The molecule has 0 aromatic carbocycles. The third-order valence-corrected chi connectivity index (χ3v) is 6.59. The number of thioether (sulfide) groups is 1. The van der Waals surface area contributed by atoms with Crippen LogP contribution in [0.25, 0.3) is 0 Å². The zero-order valence-corrected chi connectivity index (χ0v) is 19.5. The molecule has 11 heteroatoms. The Bertz CT molecular complexity index is 809. The standard InChI is InChI=1S/C21H32N6O4S/c1-3-31-20(30)27-12-5-16(6-13-27)25-18(29)21(7-10-22-11-8-21)26-17(28)14-32-19-23-9-4-15(2)24-19/h4,9,16,22H,3,5-8,10-14H2,1-2H3,(H,25,29)(H,26,28). The maximum Gasteiger partial charge on any atom is 0.409 e. The lowest BCUT2D eigenvalue weighted by atomic mass is 9.86. The molecule has 3 amide bonds. The Morgan fingerprint density at radius 1 is 1.28 bits per heavy atom. The molecule has 1 aromatic rings. The van der Waals surface area contributed by atoms with E-state index in [2.05, 4.69) is 25.9 Å². The smallest absolute Gasteiger partial charge is 0.409 e. The molecule has 2 fully saturated rings. The highest BCUT2D eigenvalue weighted by atomic mass is 32.2. The Kier molecular flexibility index (Phi) is 8.68. The number of rotatable bonds is 7. The fraction of sp³-hybridized carbons (Fsp3) is 0.667. The van der Waals surface area contributed by atoms with Crippen LogP contribution in [0, 0.1) is 6.92 Å². The first kappa shape index (κ1) is 24.2. The molecule has 0 radical (unpaired) electrons. The van der Waals surface area contributed by atoms with Gasteiger partial charge in [0.2, 0.25) is 11.8 Å². The third-order valence-electron chi connectivity index (χ3n) is 5.73. The second-order valence-electron chi connectivity index (χ2n) is 8.08. The van der Waals surface area contributed by atoms with Crippen LogP contribution in [0.15, 0.2) is 17.4 Å². The van der Waals surface area contributed by atoms with E-state index in [0.717, 1.165) is 5.69 Å². The zero-order valence-electron chi connectivity index (χ0n) is 18.7. The number of ether oxygens (including phenoxy) is 1. The van der Waals surface area contributed by atoms with E-state index < -0.39 is 5.54 Å². The van der Waals surface area contributed by atoms with E-state index >= 15 is 0 Å². The highest BCUT2D eigenvalue weighted by Gasteiger charge is 2.42. The van der Waals surface area contributed by atoms with Crippen LogP contribution in [-0.2, 0) is 14.3 Å². The average molecular weight is 465 g/mol. The fourth-order valence-electron chi connectivity index (χ4n) is 3.94.